The lowest BCUT2D eigenvalue weighted by atomic mass is 9.90. The molecule has 0 N–H and O–H groups in total. The molecule has 3 aliphatic heterocycles. The minimum atomic E-state index is 0.697. The van der Waals surface area contributed by atoms with E-state index in [2.05, 4.69) is 50.9 Å². The summed E-state index contributed by atoms with van der Waals surface area (Å²) in [5.41, 5.74) is 4.24. The van der Waals surface area contributed by atoms with E-state index in [1.165, 1.54) is 68.4 Å². The summed E-state index contributed by atoms with van der Waals surface area (Å²) >= 11 is 1.85. The number of piperidine rings is 1. The van der Waals surface area contributed by atoms with Gasteiger partial charge in [-0.05, 0) is 63.1 Å². The SMILES string of the molecule is c1ccc(-c2cscc2N2C3CCC2CC(COCCN2CCCC2)C3)cc1. The lowest BCUT2D eigenvalue weighted by Crippen LogP contribution is -2.44. The van der Waals surface area contributed by atoms with Crippen molar-refractivity contribution in [2.24, 2.45) is 5.92 Å². The first kappa shape index (κ1) is 18.7. The van der Waals surface area contributed by atoms with Crippen molar-refractivity contribution in [2.45, 2.75) is 50.6 Å². The van der Waals surface area contributed by atoms with E-state index in [4.69, 9.17) is 4.74 Å². The van der Waals surface area contributed by atoms with E-state index in [0.29, 0.717) is 12.1 Å². The molecule has 2 unspecified atom stereocenters. The molecule has 1 aromatic heterocycles. The van der Waals surface area contributed by atoms with Crippen LogP contribution in [0, 0.1) is 5.92 Å². The number of thiophene rings is 1. The Bertz CT molecular complexity index is 741. The second-order valence-corrected chi connectivity index (χ2v) is 9.53. The molecule has 2 aromatic rings. The smallest absolute Gasteiger partial charge is 0.0593 e. The van der Waals surface area contributed by atoms with Crippen molar-refractivity contribution >= 4 is 17.0 Å². The summed E-state index contributed by atoms with van der Waals surface area (Å²) in [5.74, 6) is 0.742. The van der Waals surface area contributed by atoms with Gasteiger partial charge in [-0.2, -0.15) is 0 Å². The van der Waals surface area contributed by atoms with Crippen LogP contribution in [-0.4, -0.2) is 49.8 Å². The molecule has 0 saturated carbocycles. The number of fused-ring (bicyclic) bond motifs is 2. The van der Waals surface area contributed by atoms with Gasteiger partial charge < -0.3 is 14.5 Å². The normalized spacial score (nSPS) is 27.6. The molecule has 3 fully saturated rings. The summed E-state index contributed by atoms with van der Waals surface area (Å²) in [6.45, 7) is 5.55. The zero-order chi connectivity index (χ0) is 18.8. The quantitative estimate of drug-likeness (QED) is 0.593. The summed E-state index contributed by atoms with van der Waals surface area (Å²) < 4.78 is 6.12. The molecule has 3 aliphatic rings. The average Bonchev–Trinajstić information content (AvgIpc) is 3.46. The Morgan fingerprint density at radius 1 is 0.964 bits per heavy atom. The van der Waals surface area contributed by atoms with Crippen molar-refractivity contribution in [1.29, 1.82) is 0 Å². The van der Waals surface area contributed by atoms with E-state index in [9.17, 15) is 0 Å². The van der Waals surface area contributed by atoms with Crippen LogP contribution in [0.25, 0.3) is 11.1 Å². The maximum absolute atomic E-state index is 6.12. The molecule has 5 rings (SSSR count). The van der Waals surface area contributed by atoms with E-state index in [1.807, 2.05) is 11.3 Å². The third-order valence-corrected chi connectivity index (χ3v) is 7.67. The molecule has 0 radical (unpaired) electrons. The maximum Gasteiger partial charge on any atom is 0.0593 e. The second-order valence-electron chi connectivity index (χ2n) is 8.79. The number of hydrogen-bond donors (Lipinski definition) is 0. The molecule has 0 spiro atoms. The molecule has 3 nitrogen and oxygen atoms in total. The largest absolute Gasteiger partial charge is 0.380 e. The lowest BCUT2D eigenvalue weighted by Gasteiger charge is -2.40. The molecule has 1 aromatic carbocycles. The van der Waals surface area contributed by atoms with Crippen LogP contribution in [0.15, 0.2) is 41.1 Å². The van der Waals surface area contributed by atoms with Gasteiger partial charge in [-0.1, -0.05) is 30.3 Å². The molecule has 0 aliphatic carbocycles. The number of ether oxygens (including phenoxy) is 1. The van der Waals surface area contributed by atoms with E-state index in [0.717, 1.165) is 25.7 Å². The molecule has 2 bridgehead atoms. The van der Waals surface area contributed by atoms with Crippen molar-refractivity contribution in [2.75, 3.05) is 37.7 Å². The first-order chi connectivity index (χ1) is 13.9. The van der Waals surface area contributed by atoms with Gasteiger partial charge >= 0.3 is 0 Å². The fraction of sp³-hybridized carbons (Fsp3) is 0.583. The number of likely N-dealkylation sites (tertiary alicyclic amines) is 1. The van der Waals surface area contributed by atoms with Crippen molar-refractivity contribution in [3.63, 3.8) is 0 Å². The predicted octanol–water partition coefficient (Wildman–Crippen LogP) is 5.27. The number of rotatable bonds is 7. The molecule has 4 heteroatoms. The zero-order valence-electron chi connectivity index (χ0n) is 16.8. The van der Waals surface area contributed by atoms with Gasteiger partial charge in [0.15, 0.2) is 0 Å². The maximum atomic E-state index is 6.12. The molecule has 28 heavy (non-hydrogen) atoms. The first-order valence-corrected chi connectivity index (χ1v) is 12.0. The van der Waals surface area contributed by atoms with Crippen molar-refractivity contribution < 1.29 is 4.74 Å². The van der Waals surface area contributed by atoms with Crippen LogP contribution in [-0.2, 0) is 4.74 Å². The highest BCUT2D eigenvalue weighted by atomic mass is 32.1. The number of nitrogens with zero attached hydrogens (tertiary/aromatic N) is 2. The lowest BCUT2D eigenvalue weighted by molar-refractivity contribution is 0.0701. The first-order valence-electron chi connectivity index (χ1n) is 11.1. The summed E-state index contributed by atoms with van der Waals surface area (Å²) in [6, 6.07) is 12.3. The van der Waals surface area contributed by atoms with E-state index < -0.39 is 0 Å². The highest BCUT2D eigenvalue weighted by molar-refractivity contribution is 7.08. The Hall–Kier alpha value is -1.36. The van der Waals surface area contributed by atoms with E-state index in [1.54, 1.807) is 0 Å². The van der Waals surface area contributed by atoms with Crippen molar-refractivity contribution in [3.05, 3.63) is 41.1 Å². The summed E-state index contributed by atoms with van der Waals surface area (Å²) in [6.07, 6.45) is 8.03. The van der Waals surface area contributed by atoms with Crippen molar-refractivity contribution in [3.8, 4) is 11.1 Å². The van der Waals surface area contributed by atoms with Gasteiger partial charge in [0.2, 0.25) is 0 Å². The number of hydrogen-bond acceptors (Lipinski definition) is 4. The van der Waals surface area contributed by atoms with Gasteiger partial charge in [-0.25, -0.2) is 0 Å². The van der Waals surface area contributed by atoms with Gasteiger partial charge in [0.05, 0.1) is 12.3 Å². The molecule has 3 saturated heterocycles. The van der Waals surface area contributed by atoms with Crippen LogP contribution in [0.3, 0.4) is 0 Å². The Balaban J connectivity index is 1.19. The van der Waals surface area contributed by atoms with Crippen LogP contribution in [0.5, 0.6) is 0 Å². The van der Waals surface area contributed by atoms with Crippen LogP contribution < -0.4 is 4.90 Å². The Morgan fingerprint density at radius 3 is 2.46 bits per heavy atom. The highest BCUT2D eigenvalue weighted by Crippen LogP contribution is 2.46. The highest BCUT2D eigenvalue weighted by Gasteiger charge is 2.41. The van der Waals surface area contributed by atoms with E-state index >= 15 is 0 Å². The number of anilines is 1. The van der Waals surface area contributed by atoms with Gasteiger partial charge in [0.1, 0.15) is 0 Å². The number of benzene rings is 1. The summed E-state index contributed by atoms with van der Waals surface area (Å²) in [7, 11) is 0. The zero-order valence-corrected chi connectivity index (χ0v) is 17.6. The fourth-order valence-electron chi connectivity index (χ4n) is 5.59. The topological polar surface area (TPSA) is 15.7 Å². The predicted molar refractivity (Wildman–Crippen MR) is 118 cm³/mol. The Labute approximate surface area is 173 Å². The van der Waals surface area contributed by atoms with Gasteiger partial charge in [-0.3, -0.25) is 0 Å². The van der Waals surface area contributed by atoms with Crippen LogP contribution >= 0.6 is 11.3 Å². The van der Waals surface area contributed by atoms with Crippen LogP contribution in [0.1, 0.15) is 38.5 Å². The molecular formula is C24H32N2OS. The molecule has 2 atom stereocenters. The molecule has 0 amide bonds. The minimum absolute atomic E-state index is 0.697. The summed E-state index contributed by atoms with van der Waals surface area (Å²) in [4.78, 5) is 5.31. The molecule has 4 heterocycles. The van der Waals surface area contributed by atoms with Crippen LogP contribution in [0.2, 0.25) is 0 Å². The van der Waals surface area contributed by atoms with Gasteiger partial charge in [0, 0.05) is 41.6 Å². The molecular weight excluding hydrogens is 364 g/mol. The summed E-state index contributed by atoms with van der Waals surface area (Å²) in [5, 5.41) is 4.71. The minimum Gasteiger partial charge on any atom is -0.380 e. The standard InChI is InChI=1S/C24H32N2OS/c1-2-6-20(7-3-1)23-17-28-18-24(23)26-21-8-9-22(26)15-19(14-21)16-27-13-12-25-10-4-5-11-25/h1-3,6-7,17-19,21-22H,4-5,8-16H2. The monoisotopic (exact) mass is 396 g/mol. The third-order valence-electron chi connectivity index (χ3n) is 6.94. The fourth-order valence-corrected chi connectivity index (χ4v) is 6.43. The van der Waals surface area contributed by atoms with Crippen molar-refractivity contribution in [1.82, 2.24) is 4.90 Å². The third kappa shape index (κ3) is 3.87. The van der Waals surface area contributed by atoms with E-state index in [-0.39, 0.29) is 0 Å². The Kier molecular flexibility index (Phi) is 5.70. The average molecular weight is 397 g/mol. The second kappa shape index (κ2) is 8.56. The van der Waals surface area contributed by atoms with Gasteiger partial charge in [0.25, 0.3) is 0 Å². The molecule has 150 valence electrons. The Morgan fingerprint density at radius 2 is 1.71 bits per heavy atom. The van der Waals surface area contributed by atoms with Gasteiger partial charge in [-0.15, -0.1) is 11.3 Å². The van der Waals surface area contributed by atoms with Crippen LogP contribution in [0.4, 0.5) is 5.69 Å².